The van der Waals surface area contributed by atoms with Gasteiger partial charge in [-0.2, -0.15) is 11.8 Å². The molecular weight excluding hydrogens is 245 g/mol. The minimum Gasteiger partial charge on any atom is -0.312 e. The summed E-state index contributed by atoms with van der Waals surface area (Å²) >= 11 is 7.88. The SMILES string of the molecule is Fc1cccc(CNCC2CCSC2)c1Cl. The molecule has 1 aliphatic rings. The molecule has 1 aliphatic heterocycles. The van der Waals surface area contributed by atoms with Crippen LogP contribution in [0.5, 0.6) is 0 Å². The first-order valence-electron chi connectivity index (χ1n) is 5.48. The van der Waals surface area contributed by atoms with E-state index >= 15 is 0 Å². The molecule has 1 aromatic rings. The molecule has 0 amide bonds. The summed E-state index contributed by atoms with van der Waals surface area (Å²) < 4.78 is 13.1. The lowest BCUT2D eigenvalue weighted by atomic mass is 10.1. The van der Waals surface area contributed by atoms with Gasteiger partial charge in [-0.15, -0.1) is 0 Å². The predicted octanol–water partition coefficient (Wildman–Crippen LogP) is 3.32. The highest BCUT2D eigenvalue weighted by Crippen LogP contribution is 2.23. The molecule has 1 saturated heterocycles. The lowest BCUT2D eigenvalue weighted by Crippen LogP contribution is -2.22. The van der Waals surface area contributed by atoms with E-state index < -0.39 is 0 Å². The average Bonchev–Trinajstić information content (AvgIpc) is 2.77. The summed E-state index contributed by atoms with van der Waals surface area (Å²) in [5.74, 6) is 2.94. The fourth-order valence-electron chi connectivity index (χ4n) is 1.84. The van der Waals surface area contributed by atoms with E-state index in [9.17, 15) is 4.39 Å². The van der Waals surface area contributed by atoms with Gasteiger partial charge in [-0.05, 0) is 42.0 Å². The highest BCUT2D eigenvalue weighted by Gasteiger charge is 2.14. The molecule has 16 heavy (non-hydrogen) atoms. The van der Waals surface area contributed by atoms with E-state index in [0.717, 1.165) is 18.0 Å². The average molecular weight is 260 g/mol. The van der Waals surface area contributed by atoms with Crippen molar-refractivity contribution in [1.29, 1.82) is 0 Å². The van der Waals surface area contributed by atoms with Crippen LogP contribution in [0.15, 0.2) is 18.2 Å². The Hall–Kier alpha value is -0.250. The second kappa shape index (κ2) is 5.89. The Morgan fingerprint density at radius 2 is 2.38 bits per heavy atom. The Labute approximate surface area is 105 Å². The van der Waals surface area contributed by atoms with Crippen LogP contribution in [0.3, 0.4) is 0 Å². The van der Waals surface area contributed by atoms with Gasteiger partial charge in [-0.3, -0.25) is 0 Å². The Bertz CT molecular complexity index is 353. The normalized spacial score (nSPS) is 20.2. The van der Waals surface area contributed by atoms with E-state index in [1.54, 1.807) is 6.07 Å². The Morgan fingerprint density at radius 1 is 1.50 bits per heavy atom. The molecule has 2 rings (SSSR count). The van der Waals surface area contributed by atoms with Crippen LogP contribution in [0.4, 0.5) is 4.39 Å². The number of hydrogen-bond acceptors (Lipinski definition) is 2. The monoisotopic (exact) mass is 259 g/mol. The van der Waals surface area contributed by atoms with Crippen LogP contribution in [0, 0.1) is 11.7 Å². The smallest absolute Gasteiger partial charge is 0.142 e. The molecule has 4 heteroatoms. The van der Waals surface area contributed by atoms with Crippen LogP contribution in [-0.2, 0) is 6.54 Å². The molecule has 0 radical (unpaired) electrons. The van der Waals surface area contributed by atoms with Crippen LogP contribution in [0.1, 0.15) is 12.0 Å². The molecule has 1 heterocycles. The molecule has 1 unspecified atom stereocenters. The Balaban J connectivity index is 1.82. The molecule has 0 bridgehead atoms. The van der Waals surface area contributed by atoms with Gasteiger partial charge in [-0.25, -0.2) is 4.39 Å². The molecule has 1 N–H and O–H groups in total. The predicted molar refractivity (Wildman–Crippen MR) is 68.5 cm³/mol. The lowest BCUT2D eigenvalue weighted by Gasteiger charge is -2.11. The minimum absolute atomic E-state index is 0.246. The topological polar surface area (TPSA) is 12.0 Å². The molecule has 0 aromatic heterocycles. The van der Waals surface area contributed by atoms with Gasteiger partial charge >= 0.3 is 0 Å². The Kier molecular flexibility index (Phi) is 4.50. The Morgan fingerprint density at radius 3 is 3.12 bits per heavy atom. The molecule has 1 fully saturated rings. The number of benzene rings is 1. The fourth-order valence-corrected chi connectivity index (χ4v) is 3.32. The van der Waals surface area contributed by atoms with E-state index in [-0.39, 0.29) is 10.8 Å². The van der Waals surface area contributed by atoms with Crippen LogP contribution in [-0.4, -0.2) is 18.1 Å². The van der Waals surface area contributed by atoms with Crippen molar-refractivity contribution in [3.63, 3.8) is 0 Å². The quantitative estimate of drug-likeness (QED) is 0.890. The summed E-state index contributed by atoms with van der Waals surface area (Å²) in [5, 5.41) is 3.59. The number of thioether (sulfide) groups is 1. The number of rotatable bonds is 4. The molecule has 1 aromatic carbocycles. The zero-order chi connectivity index (χ0) is 11.4. The maximum absolute atomic E-state index is 13.1. The minimum atomic E-state index is -0.336. The van der Waals surface area contributed by atoms with E-state index in [1.807, 2.05) is 17.8 Å². The highest BCUT2D eigenvalue weighted by molar-refractivity contribution is 7.99. The third-order valence-electron chi connectivity index (χ3n) is 2.80. The molecule has 0 spiro atoms. The number of halogens is 2. The van der Waals surface area contributed by atoms with Crippen molar-refractivity contribution in [2.75, 3.05) is 18.1 Å². The summed E-state index contributed by atoms with van der Waals surface area (Å²) in [6, 6.07) is 4.95. The first kappa shape index (κ1) is 12.2. The van der Waals surface area contributed by atoms with E-state index in [0.29, 0.717) is 6.54 Å². The molecule has 88 valence electrons. The van der Waals surface area contributed by atoms with Crippen molar-refractivity contribution in [1.82, 2.24) is 5.32 Å². The third-order valence-corrected chi connectivity index (χ3v) is 4.46. The summed E-state index contributed by atoms with van der Waals surface area (Å²) in [7, 11) is 0. The van der Waals surface area contributed by atoms with Gasteiger partial charge in [0.1, 0.15) is 5.82 Å². The van der Waals surface area contributed by atoms with Gasteiger partial charge in [0.2, 0.25) is 0 Å². The van der Waals surface area contributed by atoms with Crippen molar-refractivity contribution in [3.8, 4) is 0 Å². The first-order chi connectivity index (χ1) is 7.77. The summed E-state index contributed by atoms with van der Waals surface area (Å²) in [4.78, 5) is 0. The standard InChI is InChI=1S/C12H15ClFNS/c13-12-10(2-1-3-11(12)14)7-15-6-9-4-5-16-8-9/h1-3,9,15H,4-8H2. The summed E-state index contributed by atoms with van der Waals surface area (Å²) in [6.45, 7) is 1.65. The number of nitrogens with one attached hydrogen (secondary N) is 1. The second-order valence-corrected chi connectivity index (χ2v) is 5.60. The zero-order valence-corrected chi connectivity index (χ0v) is 10.6. The van der Waals surface area contributed by atoms with Crippen LogP contribution >= 0.6 is 23.4 Å². The fraction of sp³-hybridized carbons (Fsp3) is 0.500. The highest BCUT2D eigenvalue weighted by atomic mass is 35.5. The van der Waals surface area contributed by atoms with E-state index in [2.05, 4.69) is 5.32 Å². The van der Waals surface area contributed by atoms with Gasteiger partial charge in [0.15, 0.2) is 0 Å². The van der Waals surface area contributed by atoms with Crippen molar-refractivity contribution in [2.45, 2.75) is 13.0 Å². The van der Waals surface area contributed by atoms with Crippen molar-refractivity contribution < 1.29 is 4.39 Å². The van der Waals surface area contributed by atoms with Crippen LogP contribution < -0.4 is 5.32 Å². The largest absolute Gasteiger partial charge is 0.312 e. The molecule has 1 atom stereocenters. The van der Waals surface area contributed by atoms with Gasteiger partial charge in [0.25, 0.3) is 0 Å². The van der Waals surface area contributed by atoms with Crippen molar-refractivity contribution in [3.05, 3.63) is 34.6 Å². The van der Waals surface area contributed by atoms with E-state index in [1.165, 1.54) is 24.0 Å². The first-order valence-corrected chi connectivity index (χ1v) is 7.02. The summed E-state index contributed by atoms with van der Waals surface area (Å²) in [5.41, 5.74) is 0.840. The molecule has 0 saturated carbocycles. The van der Waals surface area contributed by atoms with Gasteiger partial charge < -0.3 is 5.32 Å². The van der Waals surface area contributed by atoms with E-state index in [4.69, 9.17) is 11.6 Å². The zero-order valence-electron chi connectivity index (χ0n) is 9.01. The molecule has 0 aliphatic carbocycles. The van der Waals surface area contributed by atoms with Crippen LogP contribution in [0.25, 0.3) is 0 Å². The molecular formula is C12H15ClFNS. The van der Waals surface area contributed by atoms with Crippen LogP contribution in [0.2, 0.25) is 5.02 Å². The number of hydrogen-bond donors (Lipinski definition) is 1. The van der Waals surface area contributed by atoms with Gasteiger partial charge in [0, 0.05) is 6.54 Å². The van der Waals surface area contributed by atoms with Crippen molar-refractivity contribution in [2.24, 2.45) is 5.92 Å². The van der Waals surface area contributed by atoms with Crippen molar-refractivity contribution >= 4 is 23.4 Å². The maximum Gasteiger partial charge on any atom is 0.142 e. The van der Waals surface area contributed by atoms with Gasteiger partial charge in [-0.1, -0.05) is 23.7 Å². The molecule has 1 nitrogen and oxygen atoms in total. The second-order valence-electron chi connectivity index (χ2n) is 4.07. The third kappa shape index (κ3) is 3.12. The summed E-state index contributed by atoms with van der Waals surface area (Å²) in [6.07, 6.45) is 1.29. The maximum atomic E-state index is 13.1. The van der Waals surface area contributed by atoms with Gasteiger partial charge in [0.05, 0.1) is 5.02 Å². The lowest BCUT2D eigenvalue weighted by molar-refractivity contribution is 0.522.